The first-order chi connectivity index (χ1) is 11.8. The molecule has 2 aromatic rings. The van der Waals surface area contributed by atoms with E-state index >= 15 is 0 Å². The van der Waals surface area contributed by atoms with Gasteiger partial charge in [0.1, 0.15) is 0 Å². The summed E-state index contributed by atoms with van der Waals surface area (Å²) in [4.78, 5) is 14.9. The van der Waals surface area contributed by atoms with Crippen LogP contribution < -0.4 is 5.32 Å². The minimum absolute atomic E-state index is 0.00276. The summed E-state index contributed by atoms with van der Waals surface area (Å²) >= 11 is 12.1. The number of hydrogen-bond acceptors (Lipinski definition) is 2. The summed E-state index contributed by atoms with van der Waals surface area (Å²) < 4.78 is 0. The SMILES string of the molecule is CN1[C@@H](CC(=O)Nc2ccc(Cl)cc2Cl)c2ccccc2CC1(C)C. The van der Waals surface area contributed by atoms with E-state index in [0.717, 1.165) is 6.42 Å². The molecule has 0 radical (unpaired) electrons. The second-order valence-corrected chi connectivity index (χ2v) is 8.03. The number of hydrogen-bond donors (Lipinski definition) is 1. The van der Waals surface area contributed by atoms with E-state index in [1.165, 1.54) is 11.1 Å². The fourth-order valence-corrected chi connectivity index (χ4v) is 3.91. The highest BCUT2D eigenvalue weighted by atomic mass is 35.5. The van der Waals surface area contributed by atoms with Crippen LogP contribution in [-0.2, 0) is 11.2 Å². The summed E-state index contributed by atoms with van der Waals surface area (Å²) in [7, 11) is 2.09. The van der Waals surface area contributed by atoms with Gasteiger partial charge in [-0.3, -0.25) is 9.69 Å². The number of fused-ring (bicyclic) bond motifs is 1. The van der Waals surface area contributed by atoms with Gasteiger partial charge in [0, 0.05) is 23.0 Å². The first kappa shape index (κ1) is 18.2. The van der Waals surface area contributed by atoms with Crippen molar-refractivity contribution in [2.75, 3.05) is 12.4 Å². The molecule has 3 rings (SSSR count). The lowest BCUT2D eigenvalue weighted by molar-refractivity contribution is -0.118. The minimum atomic E-state index is -0.0615. The zero-order valence-corrected chi connectivity index (χ0v) is 16.2. The van der Waals surface area contributed by atoms with Crippen LogP contribution in [0.4, 0.5) is 5.69 Å². The van der Waals surface area contributed by atoms with Crippen molar-refractivity contribution in [3.05, 3.63) is 63.6 Å². The molecule has 132 valence electrons. The molecule has 0 saturated carbocycles. The Hall–Kier alpha value is -1.55. The third kappa shape index (κ3) is 3.84. The van der Waals surface area contributed by atoms with Gasteiger partial charge in [-0.25, -0.2) is 0 Å². The lowest BCUT2D eigenvalue weighted by Crippen LogP contribution is -2.49. The van der Waals surface area contributed by atoms with Gasteiger partial charge in [-0.1, -0.05) is 47.5 Å². The van der Waals surface area contributed by atoms with Crippen LogP contribution in [0.15, 0.2) is 42.5 Å². The third-order valence-corrected chi connectivity index (χ3v) is 5.59. The van der Waals surface area contributed by atoms with Crippen molar-refractivity contribution in [1.82, 2.24) is 4.90 Å². The van der Waals surface area contributed by atoms with Gasteiger partial charge in [0.05, 0.1) is 10.7 Å². The summed E-state index contributed by atoms with van der Waals surface area (Å²) in [6.45, 7) is 4.42. The van der Waals surface area contributed by atoms with E-state index in [9.17, 15) is 4.79 Å². The van der Waals surface area contributed by atoms with Crippen LogP contribution in [-0.4, -0.2) is 23.4 Å². The topological polar surface area (TPSA) is 32.3 Å². The molecule has 1 amide bonds. The van der Waals surface area contributed by atoms with Gasteiger partial charge < -0.3 is 5.32 Å². The summed E-state index contributed by atoms with van der Waals surface area (Å²) in [5.74, 6) is -0.0615. The lowest BCUT2D eigenvalue weighted by atomic mass is 9.81. The molecule has 5 heteroatoms. The fourth-order valence-electron chi connectivity index (χ4n) is 3.46. The predicted molar refractivity (Wildman–Crippen MR) is 104 cm³/mol. The molecule has 0 saturated heterocycles. The number of amides is 1. The molecule has 0 unspecified atom stereocenters. The van der Waals surface area contributed by atoms with Gasteiger partial charge in [0.25, 0.3) is 0 Å². The number of rotatable bonds is 3. The van der Waals surface area contributed by atoms with Crippen molar-refractivity contribution < 1.29 is 4.79 Å². The Bertz CT molecular complexity index is 804. The summed E-state index contributed by atoms with van der Waals surface area (Å²) in [5, 5.41) is 3.90. The number of carbonyl (C=O) groups excluding carboxylic acids is 1. The Morgan fingerprint density at radius 3 is 2.68 bits per heavy atom. The molecule has 0 aromatic heterocycles. The first-order valence-electron chi connectivity index (χ1n) is 8.33. The number of carbonyl (C=O) groups is 1. The molecule has 2 aromatic carbocycles. The van der Waals surface area contributed by atoms with Crippen LogP contribution in [0.25, 0.3) is 0 Å². The second-order valence-electron chi connectivity index (χ2n) is 7.19. The Balaban J connectivity index is 1.82. The molecule has 1 aliphatic heterocycles. The smallest absolute Gasteiger partial charge is 0.226 e. The highest BCUT2D eigenvalue weighted by Crippen LogP contribution is 2.39. The van der Waals surface area contributed by atoms with Crippen molar-refractivity contribution in [3.63, 3.8) is 0 Å². The van der Waals surface area contributed by atoms with Crippen LogP contribution in [0, 0.1) is 0 Å². The average Bonchev–Trinajstić information content (AvgIpc) is 2.54. The number of benzene rings is 2. The van der Waals surface area contributed by atoms with Gasteiger partial charge in [0.2, 0.25) is 5.91 Å². The van der Waals surface area contributed by atoms with Gasteiger partial charge >= 0.3 is 0 Å². The molecule has 1 N–H and O–H groups in total. The van der Waals surface area contributed by atoms with Gasteiger partial charge in [-0.2, -0.15) is 0 Å². The molecule has 0 spiro atoms. The highest BCUT2D eigenvalue weighted by molar-refractivity contribution is 6.36. The largest absolute Gasteiger partial charge is 0.325 e. The summed E-state index contributed by atoms with van der Waals surface area (Å²) in [6, 6.07) is 13.5. The van der Waals surface area contributed by atoms with Crippen molar-refractivity contribution in [1.29, 1.82) is 0 Å². The molecule has 25 heavy (non-hydrogen) atoms. The predicted octanol–water partition coefficient (Wildman–Crippen LogP) is 5.33. The highest BCUT2D eigenvalue weighted by Gasteiger charge is 2.37. The Labute approximate surface area is 158 Å². The molecule has 0 bridgehead atoms. The monoisotopic (exact) mass is 376 g/mol. The van der Waals surface area contributed by atoms with Crippen LogP contribution in [0.1, 0.15) is 37.4 Å². The molecule has 0 aliphatic carbocycles. The maximum Gasteiger partial charge on any atom is 0.226 e. The maximum absolute atomic E-state index is 12.7. The zero-order chi connectivity index (χ0) is 18.2. The van der Waals surface area contributed by atoms with Crippen molar-refractivity contribution in [3.8, 4) is 0 Å². The molecule has 1 heterocycles. The van der Waals surface area contributed by atoms with Crippen LogP contribution in [0.2, 0.25) is 10.0 Å². The molecule has 3 nitrogen and oxygen atoms in total. The second kappa shape index (κ2) is 6.99. The normalized spacial score (nSPS) is 19.3. The Kier molecular flexibility index (Phi) is 5.10. The van der Waals surface area contributed by atoms with Gasteiger partial charge in [-0.05, 0) is 56.6 Å². The number of nitrogens with zero attached hydrogens (tertiary/aromatic N) is 1. The number of nitrogens with one attached hydrogen (secondary N) is 1. The van der Waals surface area contributed by atoms with Gasteiger partial charge in [-0.15, -0.1) is 0 Å². The third-order valence-electron chi connectivity index (χ3n) is 5.04. The Morgan fingerprint density at radius 2 is 1.96 bits per heavy atom. The van der Waals surface area contributed by atoms with E-state index in [4.69, 9.17) is 23.2 Å². The van der Waals surface area contributed by atoms with Crippen LogP contribution in [0.3, 0.4) is 0 Å². The van der Waals surface area contributed by atoms with E-state index in [2.05, 4.69) is 49.3 Å². The quantitative estimate of drug-likeness (QED) is 0.784. The van der Waals surface area contributed by atoms with E-state index < -0.39 is 0 Å². The van der Waals surface area contributed by atoms with E-state index in [1.807, 2.05) is 6.07 Å². The first-order valence-corrected chi connectivity index (χ1v) is 9.09. The molecule has 0 fully saturated rings. The van der Waals surface area contributed by atoms with Gasteiger partial charge in [0.15, 0.2) is 0 Å². The maximum atomic E-state index is 12.7. The molecule has 1 aliphatic rings. The van der Waals surface area contributed by atoms with Crippen molar-refractivity contribution in [2.24, 2.45) is 0 Å². The average molecular weight is 377 g/mol. The summed E-state index contributed by atoms with van der Waals surface area (Å²) in [5.41, 5.74) is 3.12. The van der Waals surface area contributed by atoms with Crippen molar-refractivity contribution in [2.45, 2.75) is 38.3 Å². The standard InChI is InChI=1S/C20H22Cl2N2O/c1-20(2)12-13-6-4-5-7-15(13)18(24(20)3)11-19(25)23-17-9-8-14(21)10-16(17)22/h4-10,18H,11-12H2,1-3H3,(H,23,25)/t18-/m0/s1. The lowest BCUT2D eigenvalue weighted by Gasteiger charge is -2.46. The van der Waals surface area contributed by atoms with E-state index in [1.54, 1.807) is 18.2 Å². The molecule has 1 atom stereocenters. The minimum Gasteiger partial charge on any atom is -0.325 e. The van der Waals surface area contributed by atoms with E-state index in [-0.39, 0.29) is 17.5 Å². The van der Waals surface area contributed by atoms with Crippen LogP contribution >= 0.6 is 23.2 Å². The van der Waals surface area contributed by atoms with E-state index in [0.29, 0.717) is 22.2 Å². The fraction of sp³-hybridized carbons (Fsp3) is 0.350. The summed E-state index contributed by atoms with van der Waals surface area (Å²) in [6.07, 6.45) is 1.34. The number of anilines is 1. The zero-order valence-electron chi connectivity index (χ0n) is 14.6. The van der Waals surface area contributed by atoms with Crippen LogP contribution in [0.5, 0.6) is 0 Å². The molecular formula is C20H22Cl2N2O. The molecular weight excluding hydrogens is 355 g/mol. The van der Waals surface area contributed by atoms with Crippen molar-refractivity contribution >= 4 is 34.8 Å². The number of halogens is 2. The number of likely N-dealkylation sites (N-methyl/N-ethyl adjacent to an activating group) is 1. The Morgan fingerprint density at radius 1 is 1.24 bits per heavy atom.